The molecule has 1 rings (SSSR count). The largest absolute Gasteiger partial charge is 0.461 e. The molecule has 1 amide bonds. The molecule has 1 saturated carbocycles. The van der Waals surface area contributed by atoms with Gasteiger partial charge in [-0.05, 0) is 37.5 Å². The van der Waals surface area contributed by atoms with Gasteiger partial charge in [-0.2, -0.15) is 0 Å². The van der Waals surface area contributed by atoms with Gasteiger partial charge in [0, 0.05) is 6.92 Å². The van der Waals surface area contributed by atoms with Crippen molar-refractivity contribution in [1.29, 1.82) is 0 Å². The molecule has 1 fully saturated rings. The number of carbonyl (C=O) groups is 2. The number of hydrogen-bond acceptors (Lipinski definition) is 3. The first-order valence-electron chi connectivity index (χ1n) is 7.28. The van der Waals surface area contributed by atoms with E-state index in [9.17, 15) is 9.59 Å². The van der Waals surface area contributed by atoms with Gasteiger partial charge in [0.1, 0.15) is 12.1 Å². The first-order valence-corrected chi connectivity index (χ1v) is 7.28. The van der Waals surface area contributed by atoms with Gasteiger partial charge in [0.25, 0.3) is 0 Å². The van der Waals surface area contributed by atoms with Crippen LogP contribution in [0.2, 0.25) is 0 Å². The summed E-state index contributed by atoms with van der Waals surface area (Å²) in [4.78, 5) is 22.9. The van der Waals surface area contributed by atoms with Crippen molar-refractivity contribution in [3.05, 3.63) is 0 Å². The fourth-order valence-corrected chi connectivity index (χ4v) is 2.87. The van der Waals surface area contributed by atoms with Crippen LogP contribution in [-0.2, 0) is 14.3 Å². The number of esters is 1. The Morgan fingerprint density at radius 2 is 1.84 bits per heavy atom. The summed E-state index contributed by atoms with van der Waals surface area (Å²) in [5, 5.41) is 2.57. The zero-order chi connectivity index (χ0) is 14.6. The third-order valence-corrected chi connectivity index (χ3v) is 4.00. The van der Waals surface area contributed by atoms with Crippen molar-refractivity contribution in [2.75, 3.05) is 0 Å². The summed E-state index contributed by atoms with van der Waals surface area (Å²) >= 11 is 0. The molecule has 1 aliphatic carbocycles. The van der Waals surface area contributed by atoms with E-state index < -0.39 is 6.04 Å². The molecule has 0 saturated heterocycles. The van der Waals surface area contributed by atoms with E-state index in [0.717, 1.165) is 12.8 Å². The lowest BCUT2D eigenvalue weighted by atomic mass is 9.75. The van der Waals surface area contributed by atoms with Crippen LogP contribution >= 0.6 is 0 Å². The zero-order valence-electron chi connectivity index (χ0n) is 12.7. The quantitative estimate of drug-likeness (QED) is 0.798. The normalized spacial score (nSPS) is 28.8. The predicted octanol–water partition coefficient (Wildman–Crippen LogP) is 2.52. The van der Waals surface area contributed by atoms with Crippen LogP contribution in [0.5, 0.6) is 0 Å². The molecule has 4 heteroatoms. The maximum absolute atomic E-state index is 12.0. The van der Waals surface area contributed by atoms with Crippen molar-refractivity contribution < 1.29 is 14.3 Å². The summed E-state index contributed by atoms with van der Waals surface area (Å²) in [5.74, 6) is 1.02. The second kappa shape index (κ2) is 6.92. The molecule has 0 aliphatic heterocycles. The summed E-state index contributed by atoms with van der Waals surface area (Å²) in [6.07, 6.45) is 3.25. The Kier molecular flexibility index (Phi) is 5.83. The van der Waals surface area contributed by atoms with E-state index in [1.54, 1.807) is 6.92 Å². The minimum absolute atomic E-state index is 0.00698. The van der Waals surface area contributed by atoms with Gasteiger partial charge < -0.3 is 10.1 Å². The predicted molar refractivity (Wildman–Crippen MR) is 74.5 cm³/mol. The van der Waals surface area contributed by atoms with Gasteiger partial charge in [-0.3, -0.25) is 4.79 Å². The molecule has 110 valence electrons. The SMILES string of the molecule is CC(=O)N[C@@H](C)C(=O)O[C@@H]1C[C@H](C)CC[C@H]1C(C)C. The molecule has 0 aromatic rings. The lowest BCUT2D eigenvalue weighted by Crippen LogP contribution is -2.43. The van der Waals surface area contributed by atoms with Gasteiger partial charge in [-0.15, -0.1) is 0 Å². The number of ether oxygens (including phenoxy) is 1. The van der Waals surface area contributed by atoms with E-state index in [4.69, 9.17) is 4.74 Å². The van der Waals surface area contributed by atoms with Crippen molar-refractivity contribution in [3.63, 3.8) is 0 Å². The molecule has 0 radical (unpaired) electrons. The van der Waals surface area contributed by atoms with Gasteiger partial charge >= 0.3 is 5.97 Å². The van der Waals surface area contributed by atoms with E-state index in [1.165, 1.54) is 13.3 Å². The molecule has 0 spiro atoms. The van der Waals surface area contributed by atoms with E-state index in [2.05, 4.69) is 26.1 Å². The third-order valence-electron chi connectivity index (χ3n) is 4.00. The Morgan fingerprint density at radius 1 is 1.21 bits per heavy atom. The van der Waals surface area contributed by atoms with E-state index >= 15 is 0 Å². The fraction of sp³-hybridized carbons (Fsp3) is 0.867. The zero-order valence-corrected chi connectivity index (χ0v) is 12.7. The van der Waals surface area contributed by atoms with Crippen molar-refractivity contribution in [2.45, 2.75) is 66.0 Å². The topological polar surface area (TPSA) is 55.4 Å². The summed E-state index contributed by atoms with van der Waals surface area (Å²) in [5.41, 5.74) is 0. The Morgan fingerprint density at radius 3 is 2.37 bits per heavy atom. The lowest BCUT2D eigenvalue weighted by molar-refractivity contribution is -0.159. The van der Waals surface area contributed by atoms with Crippen molar-refractivity contribution in [2.24, 2.45) is 17.8 Å². The molecule has 1 aliphatic rings. The van der Waals surface area contributed by atoms with Crippen LogP contribution in [0.3, 0.4) is 0 Å². The molecule has 0 heterocycles. The molecule has 0 aromatic heterocycles. The Labute approximate surface area is 116 Å². The van der Waals surface area contributed by atoms with Gasteiger partial charge in [0.05, 0.1) is 0 Å². The first kappa shape index (κ1) is 16.0. The monoisotopic (exact) mass is 269 g/mol. The molecular formula is C15H27NO3. The molecule has 0 unspecified atom stereocenters. The molecule has 1 N–H and O–H groups in total. The smallest absolute Gasteiger partial charge is 0.328 e. The Balaban J connectivity index is 2.60. The molecular weight excluding hydrogens is 242 g/mol. The van der Waals surface area contributed by atoms with Gasteiger partial charge in [-0.1, -0.05) is 27.2 Å². The summed E-state index contributed by atoms with van der Waals surface area (Å²) in [6.45, 7) is 9.63. The molecule has 4 nitrogen and oxygen atoms in total. The lowest BCUT2D eigenvalue weighted by Gasteiger charge is -2.37. The second-order valence-corrected chi connectivity index (χ2v) is 6.22. The van der Waals surface area contributed by atoms with Crippen molar-refractivity contribution in [3.8, 4) is 0 Å². The van der Waals surface area contributed by atoms with Gasteiger partial charge in [0.15, 0.2) is 0 Å². The number of hydrogen-bond donors (Lipinski definition) is 1. The van der Waals surface area contributed by atoms with Crippen LogP contribution in [0.4, 0.5) is 0 Å². The van der Waals surface area contributed by atoms with Crippen molar-refractivity contribution >= 4 is 11.9 Å². The van der Waals surface area contributed by atoms with Crippen LogP contribution in [0.25, 0.3) is 0 Å². The number of carbonyl (C=O) groups excluding carboxylic acids is 2. The molecule has 19 heavy (non-hydrogen) atoms. The van der Waals surface area contributed by atoms with Gasteiger partial charge in [-0.25, -0.2) is 4.79 Å². The second-order valence-electron chi connectivity index (χ2n) is 6.22. The van der Waals surface area contributed by atoms with Crippen molar-refractivity contribution in [1.82, 2.24) is 5.32 Å². The summed E-state index contributed by atoms with van der Waals surface area (Å²) < 4.78 is 5.64. The average molecular weight is 269 g/mol. The van der Waals surface area contributed by atoms with Crippen LogP contribution in [0.1, 0.15) is 53.9 Å². The highest BCUT2D eigenvalue weighted by atomic mass is 16.5. The minimum atomic E-state index is -0.567. The number of nitrogens with one attached hydrogen (secondary N) is 1. The van der Waals surface area contributed by atoms with Crippen LogP contribution in [0, 0.1) is 17.8 Å². The van der Waals surface area contributed by atoms with Crippen LogP contribution < -0.4 is 5.32 Å². The highest BCUT2D eigenvalue weighted by Crippen LogP contribution is 2.35. The first-order chi connectivity index (χ1) is 8.81. The summed E-state index contributed by atoms with van der Waals surface area (Å²) in [7, 11) is 0. The molecule has 4 atom stereocenters. The number of rotatable bonds is 4. The fourth-order valence-electron chi connectivity index (χ4n) is 2.87. The third kappa shape index (κ3) is 4.84. The standard InChI is InChI=1S/C15H27NO3/c1-9(2)13-7-6-10(3)8-14(13)19-15(18)11(4)16-12(5)17/h9-11,13-14H,6-8H2,1-5H3,(H,16,17)/t10-,11+,13+,14-/m1/s1. The molecule has 0 aromatic carbocycles. The van der Waals surface area contributed by atoms with Crippen LogP contribution in [-0.4, -0.2) is 24.0 Å². The highest BCUT2D eigenvalue weighted by molar-refractivity contribution is 5.82. The van der Waals surface area contributed by atoms with E-state index in [-0.39, 0.29) is 18.0 Å². The molecule has 0 bridgehead atoms. The Bertz CT molecular complexity index is 327. The Hall–Kier alpha value is -1.06. The highest BCUT2D eigenvalue weighted by Gasteiger charge is 2.34. The minimum Gasteiger partial charge on any atom is -0.461 e. The summed E-state index contributed by atoms with van der Waals surface area (Å²) in [6, 6.07) is -0.567. The number of amides is 1. The van der Waals surface area contributed by atoms with Crippen LogP contribution in [0.15, 0.2) is 0 Å². The maximum Gasteiger partial charge on any atom is 0.328 e. The average Bonchev–Trinajstić information content (AvgIpc) is 2.27. The van der Waals surface area contributed by atoms with Gasteiger partial charge in [0.2, 0.25) is 5.91 Å². The van der Waals surface area contributed by atoms with E-state index in [1.807, 2.05) is 0 Å². The van der Waals surface area contributed by atoms with E-state index in [0.29, 0.717) is 17.8 Å². The maximum atomic E-state index is 12.0.